The van der Waals surface area contributed by atoms with E-state index in [0.717, 1.165) is 28.4 Å². The predicted molar refractivity (Wildman–Crippen MR) is 126 cm³/mol. The van der Waals surface area contributed by atoms with Crippen molar-refractivity contribution in [2.24, 2.45) is 10.9 Å². The Morgan fingerprint density at radius 1 is 1.00 bits per heavy atom. The van der Waals surface area contributed by atoms with Gasteiger partial charge < -0.3 is 10.1 Å². The van der Waals surface area contributed by atoms with Crippen molar-refractivity contribution in [3.63, 3.8) is 0 Å². The number of para-hydroxylation sites is 3. The number of hydrogen-bond donors (Lipinski definition) is 1. The maximum Gasteiger partial charge on any atom is 0.274 e. The lowest BCUT2D eigenvalue weighted by atomic mass is 9.72. The first kappa shape index (κ1) is 20.9. The van der Waals surface area contributed by atoms with Crippen LogP contribution in [-0.4, -0.2) is 23.5 Å². The van der Waals surface area contributed by atoms with Crippen molar-refractivity contribution in [2.75, 3.05) is 12.4 Å². The number of Topliss-reactive ketones (excluding diaryl/α,β-unsaturated/α-hetero) is 1. The number of aliphatic imine (C=N–C) groups is 1. The summed E-state index contributed by atoms with van der Waals surface area (Å²) in [6.07, 6.45) is 0.959. The molecule has 1 N–H and O–H groups in total. The Hall–Kier alpha value is -4.00. The lowest BCUT2D eigenvalue weighted by Crippen LogP contribution is -2.39. The highest BCUT2D eigenvalue weighted by molar-refractivity contribution is 6.11. The van der Waals surface area contributed by atoms with Crippen molar-refractivity contribution in [3.05, 3.63) is 94.0 Å². The van der Waals surface area contributed by atoms with Crippen LogP contribution in [0.15, 0.2) is 77.8 Å². The van der Waals surface area contributed by atoms with E-state index in [2.05, 4.69) is 5.32 Å². The van der Waals surface area contributed by atoms with E-state index in [1.807, 2.05) is 48.5 Å². The average Bonchev–Trinajstić information content (AvgIpc) is 3.01. The fraction of sp³-hybridized carbons (Fsp3) is 0.231. The second-order valence-corrected chi connectivity index (χ2v) is 8.38. The van der Waals surface area contributed by atoms with Gasteiger partial charge in [-0.15, -0.1) is 0 Å². The molecule has 166 valence electrons. The quantitative estimate of drug-likeness (QED) is 0.420. The first-order valence-electron chi connectivity index (χ1n) is 10.9. The van der Waals surface area contributed by atoms with Crippen LogP contribution < -0.4 is 10.1 Å². The van der Waals surface area contributed by atoms with Crippen LogP contribution in [0.3, 0.4) is 0 Å². The fourth-order valence-electron chi connectivity index (χ4n) is 4.89. The van der Waals surface area contributed by atoms with E-state index in [-0.39, 0.29) is 17.4 Å². The number of nitro benzene ring substituents is 1. The molecule has 0 saturated heterocycles. The van der Waals surface area contributed by atoms with Crippen LogP contribution in [0.4, 0.5) is 17.1 Å². The summed E-state index contributed by atoms with van der Waals surface area (Å²) in [4.78, 5) is 29.9. The Morgan fingerprint density at radius 3 is 2.48 bits per heavy atom. The van der Waals surface area contributed by atoms with Gasteiger partial charge in [0.2, 0.25) is 0 Å². The molecule has 1 aliphatic carbocycles. The molecule has 33 heavy (non-hydrogen) atoms. The normalized spacial score (nSPS) is 21.7. The van der Waals surface area contributed by atoms with Gasteiger partial charge in [-0.1, -0.05) is 42.5 Å². The molecule has 1 saturated carbocycles. The number of ether oxygens (including phenoxy) is 1. The monoisotopic (exact) mass is 441 g/mol. The molecular weight excluding hydrogens is 418 g/mol. The standard InChI is InChI=1S/C26H23N3O4/c1-33-18-12-10-16(11-13-18)17-14-22-25(24(30)15-17)26(19-6-2-5-9-23(19)29(31)32)28-21-8-4-3-7-20(21)27-22/h2-13,17,25-26,28H,14-15H2,1H3. The summed E-state index contributed by atoms with van der Waals surface area (Å²) in [5.74, 6) is 0.215. The van der Waals surface area contributed by atoms with Gasteiger partial charge in [0, 0.05) is 18.2 Å². The van der Waals surface area contributed by atoms with Crippen LogP contribution in [0.25, 0.3) is 0 Å². The van der Waals surface area contributed by atoms with Gasteiger partial charge >= 0.3 is 0 Å². The number of fused-ring (bicyclic) bond motifs is 2. The number of benzene rings is 3. The van der Waals surface area contributed by atoms with Gasteiger partial charge in [-0.3, -0.25) is 19.9 Å². The van der Waals surface area contributed by atoms with Gasteiger partial charge in [-0.25, -0.2) is 0 Å². The molecule has 0 radical (unpaired) electrons. The van der Waals surface area contributed by atoms with Gasteiger partial charge in [-0.2, -0.15) is 0 Å². The minimum atomic E-state index is -0.576. The highest BCUT2D eigenvalue weighted by Gasteiger charge is 2.43. The Balaban J connectivity index is 1.59. The van der Waals surface area contributed by atoms with E-state index in [1.165, 1.54) is 6.07 Å². The number of carbonyl (C=O) groups is 1. The number of rotatable bonds is 4. The lowest BCUT2D eigenvalue weighted by Gasteiger charge is -2.33. The summed E-state index contributed by atoms with van der Waals surface area (Å²) >= 11 is 0. The number of ketones is 1. The molecule has 3 aromatic rings. The third kappa shape index (κ3) is 3.86. The number of carbonyl (C=O) groups excluding carboxylic acids is 1. The van der Waals surface area contributed by atoms with Crippen molar-refractivity contribution in [1.82, 2.24) is 0 Å². The summed E-state index contributed by atoms with van der Waals surface area (Å²) < 4.78 is 5.26. The van der Waals surface area contributed by atoms with E-state index < -0.39 is 16.9 Å². The molecule has 2 aliphatic rings. The number of nitro groups is 1. The van der Waals surface area contributed by atoms with Crippen LogP contribution in [0.2, 0.25) is 0 Å². The van der Waals surface area contributed by atoms with E-state index >= 15 is 0 Å². The number of nitrogens with one attached hydrogen (secondary N) is 1. The van der Waals surface area contributed by atoms with Crippen molar-refractivity contribution < 1.29 is 14.5 Å². The number of anilines is 1. The molecule has 0 amide bonds. The first-order valence-corrected chi connectivity index (χ1v) is 10.9. The van der Waals surface area contributed by atoms with Crippen LogP contribution in [0, 0.1) is 16.0 Å². The minimum Gasteiger partial charge on any atom is -0.497 e. The van der Waals surface area contributed by atoms with Crippen LogP contribution in [0.5, 0.6) is 5.75 Å². The first-order chi connectivity index (χ1) is 16.0. The lowest BCUT2D eigenvalue weighted by molar-refractivity contribution is -0.385. The van der Waals surface area contributed by atoms with Gasteiger partial charge in [0.15, 0.2) is 0 Å². The molecule has 1 fully saturated rings. The van der Waals surface area contributed by atoms with Crippen molar-refractivity contribution in [2.45, 2.75) is 24.8 Å². The Kier molecular flexibility index (Phi) is 5.38. The molecule has 0 bridgehead atoms. The zero-order chi connectivity index (χ0) is 22.9. The molecule has 1 aliphatic heterocycles. The van der Waals surface area contributed by atoms with E-state index in [1.54, 1.807) is 25.3 Å². The van der Waals surface area contributed by atoms with Crippen LogP contribution in [-0.2, 0) is 4.79 Å². The van der Waals surface area contributed by atoms with Gasteiger partial charge in [0.05, 0.1) is 40.9 Å². The molecule has 3 aromatic carbocycles. The van der Waals surface area contributed by atoms with Crippen LogP contribution in [0.1, 0.15) is 35.9 Å². The third-order valence-electron chi connectivity index (χ3n) is 6.48. The van der Waals surface area contributed by atoms with Gasteiger partial charge in [0.25, 0.3) is 5.69 Å². The van der Waals surface area contributed by atoms with E-state index in [0.29, 0.717) is 18.4 Å². The smallest absolute Gasteiger partial charge is 0.274 e. The van der Waals surface area contributed by atoms with Crippen molar-refractivity contribution >= 4 is 28.6 Å². The average molecular weight is 441 g/mol. The maximum atomic E-state index is 13.6. The molecule has 7 nitrogen and oxygen atoms in total. The summed E-state index contributed by atoms with van der Waals surface area (Å²) in [6.45, 7) is 0. The Bertz CT molecular complexity index is 1250. The summed E-state index contributed by atoms with van der Waals surface area (Å²) in [6, 6.07) is 21.4. The van der Waals surface area contributed by atoms with Gasteiger partial charge in [0.1, 0.15) is 11.5 Å². The summed E-state index contributed by atoms with van der Waals surface area (Å²) in [5.41, 5.74) is 3.80. The minimum absolute atomic E-state index is 0.00110. The SMILES string of the molecule is COc1ccc(C2CC(=O)C3C(=Nc4ccccc4NC3c3ccccc3[N+](=O)[O-])C2)cc1. The van der Waals surface area contributed by atoms with Crippen molar-refractivity contribution in [1.29, 1.82) is 0 Å². The third-order valence-corrected chi connectivity index (χ3v) is 6.48. The van der Waals surface area contributed by atoms with Crippen LogP contribution >= 0.6 is 0 Å². The molecule has 1 heterocycles. The molecule has 0 spiro atoms. The Morgan fingerprint density at radius 2 is 1.73 bits per heavy atom. The van der Waals surface area contributed by atoms with Gasteiger partial charge in [-0.05, 0) is 42.2 Å². The highest BCUT2D eigenvalue weighted by atomic mass is 16.6. The van der Waals surface area contributed by atoms with E-state index in [4.69, 9.17) is 9.73 Å². The number of nitrogens with zero attached hydrogens (tertiary/aromatic N) is 2. The van der Waals surface area contributed by atoms with E-state index in [9.17, 15) is 14.9 Å². The molecule has 0 aromatic heterocycles. The predicted octanol–water partition coefficient (Wildman–Crippen LogP) is 5.61. The fourth-order valence-corrected chi connectivity index (χ4v) is 4.89. The zero-order valence-electron chi connectivity index (χ0n) is 18.1. The highest BCUT2D eigenvalue weighted by Crippen LogP contribution is 2.45. The van der Waals surface area contributed by atoms with Crippen molar-refractivity contribution in [3.8, 4) is 5.75 Å². The molecule has 7 heteroatoms. The summed E-state index contributed by atoms with van der Waals surface area (Å²) in [7, 11) is 1.62. The second kappa shape index (κ2) is 8.50. The Labute approximate surface area is 191 Å². The maximum absolute atomic E-state index is 13.6. The topological polar surface area (TPSA) is 93.8 Å². The largest absolute Gasteiger partial charge is 0.497 e. The number of methoxy groups -OCH3 is 1. The molecule has 3 atom stereocenters. The molecule has 3 unspecified atom stereocenters. The number of hydrogen-bond acceptors (Lipinski definition) is 6. The molecule has 5 rings (SSSR count). The molecular formula is C26H23N3O4. The zero-order valence-corrected chi connectivity index (χ0v) is 18.1. The second-order valence-electron chi connectivity index (χ2n) is 8.38. The summed E-state index contributed by atoms with van der Waals surface area (Å²) in [5, 5.41) is 15.2.